The number of para-hydroxylation sites is 1. The van der Waals surface area contributed by atoms with Crippen LogP contribution in [0, 0.1) is 6.92 Å². The molecular formula is C16H27N2O2+. The molecule has 0 bridgehead atoms. The van der Waals surface area contributed by atoms with Crippen molar-refractivity contribution in [1.29, 1.82) is 0 Å². The van der Waals surface area contributed by atoms with Crippen LogP contribution in [0.1, 0.15) is 44.2 Å². The predicted molar refractivity (Wildman–Crippen MR) is 81.9 cm³/mol. The van der Waals surface area contributed by atoms with Gasteiger partial charge in [0, 0.05) is 5.69 Å². The summed E-state index contributed by atoms with van der Waals surface area (Å²) in [4.78, 5) is 12.1. The quantitative estimate of drug-likeness (QED) is 0.706. The Morgan fingerprint density at radius 3 is 2.65 bits per heavy atom. The minimum atomic E-state index is -0.0203. The topological polar surface area (TPSA) is 65.9 Å². The first-order chi connectivity index (χ1) is 9.49. The van der Waals surface area contributed by atoms with Gasteiger partial charge < -0.3 is 15.7 Å². The number of carbonyl (C=O) groups is 1. The number of quaternary nitrogens is 1. The third-order valence-electron chi connectivity index (χ3n) is 3.59. The maximum atomic E-state index is 12.1. The summed E-state index contributed by atoms with van der Waals surface area (Å²) in [5.74, 6) is 0.350. The van der Waals surface area contributed by atoms with Gasteiger partial charge in [0.2, 0.25) is 0 Å². The molecule has 4 N–H and O–H groups in total. The second kappa shape index (κ2) is 8.02. The van der Waals surface area contributed by atoms with Gasteiger partial charge in [0.15, 0.2) is 6.54 Å². The molecule has 20 heavy (non-hydrogen) atoms. The van der Waals surface area contributed by atoms with Gasteiger partial charge in [0.05, 0.1) is 6.61 Å². The summed E-state index contributed by atoms with van der Waals surface area (Å²) in [6.07, 6.45) is 0.853. The van der Waals surface area contributed by atoms with Crippen LogP contribution in [0.3, 0.4) is 0 Å². The molecule has 0 aliphatic rings. The molecule has 0 unspecified atom stereocenters. The van der Waals surface area contributed by atoms with Crippen LogP contribution in [-0.2, 0) is 4.79 Å². The van der Waals surface area contributed by atoms with E-state index in [-0.39, 0.29) is 18.6 Å². The summed E-state index contributed by atoms with van der Waals surface area (Å²) in [6.45, 7) is 8.70. The van der Waals surface area contributed by atoms with Crippen LogP contribution in [0.4, 0.5) is 5.69 Å². The molecule has 1 aromatic rings. The van der Waals surface area contributed by atoms with Crippen LogP contribution < -0.4 is 10.6 Å². The number of aliphatic hydroxyl groups excluding tert-OH is 1. The van der Waals surface area contributed by atoms with Crippen molar-refractivity contribution in [3.63, 3.8) is 0 Å². The van der Waals surface area contributed by atoms with E-state index in [0.29, 0.717) is 12.5 Å². The molecule has 0 fully saturated rings. The van der Waals surface area contributed by atoms with E-state index in [1.54, 1.807) is 0 Å². The number of hydrogen-bond donors (Lipinski definition) is 3. The van der Waals surface area contributed by atoms with Crippen molar-refractivity contribution in [2.24, 2.45) is 0 Å². The summed E-state index contributed by atoms with van der Waals surface area (Å²) < 4.78 is 0. The first-order valence-electron chi connectivity index (χ1n) is 7.33. The van der Waals surface area contributed by atoms with Gasteiger partial charge in [-0.05, 0) is 30.4 Å². The molecule has 4 nitrogen and oxygen atoms in total. The molecule has 1 amide bonds. The van der Waals surface area contributed by atoms with Crippen LogP contribution in [0.5, 0.6) is 0 Å². The fourth-order valence-electron chi connectivity index (χ4n) is 2.18. The molecule has 112 valence electrons. The number of hydrogen-bond acceptors (Lipinski definition) is 2. The summed E-state index contributed by atoms with van der Waals surface area (Å²) in [6, 6.07) is 6.18. The van der Waals surface area contributed by atoms with Crippen LogP contribution >= 0.6 is 0 Å². The van der Waals surface area contributed by atoms with Gasteiger partial charge in [-0.25, -0.2) is 0 Å². The van der Waals surface area contributed by atoms with Crippen molar-refractivity contribution in [2.45, 2.75) is 46.1 Å². The third kappa shape index (κ3) is 4.62. The van der Waals surface area contributed by atoms with Crippen LogP contribution in [0.15, 0.2) is 18.2 Å². The lowest BCUT2D eigenvalue weighted by Crippen LogP contribution is -2.92. The molecular weight excluding hydrogens is 252 g/mol. The maximum Gasteiger partial charge on any atom is 0.279 e. The molecule has 0 aromatic heterocycles. The normalized spacial score (nSPS) is 12.5. The van der Waals surface area contributed by atoms with Crippen molar-refractivity contribution in [3.8, 4) is 0 Å². The third-order valence-corrected chi connectivity index (χ3v) is 3.59. The first kappa shape index (κ1) is 16.7. The molecule has 1 aromatic carbocycles. The lowest BCUT2D eigenvalue weighted by Gasteiger charge is -2.17. The highest BCUT2D eigenvalue weighted by Gasteiger charge is 2.14. The molecule has 0 aliphatic carbocycles. The van der Waals surface area contributed by atoms with Gasteiger partial charge >= 0.3 is 0 Å². The lowest BCUT2D eigenvalue weighted by atomic mass is 9.98. The van der Waals surface area contributed by atoms with Crippen LogP contribution in [0.2, 0.25) is 0 Å². The second-order valence-electron chi connectivity index (χ2n) is 5.53. The van der Waals surface area contributed by atoms with Crippen LogP contribution in [-0.4, -0.2) is 30.2 Å². The number of amides is 1. The van der Waals surface area contributed by atoms with Gasteiger partial charge in [-0.3, -0.25) is 4.79 Å². The fraction of sp³-hybridized carbons (Fsp3) is 0.562. The zero-order valence-electron chi connectivity index (χ0n) is 12.9. The number of anilines is 1. The van der Waals surface area contributed by atoms with Crippen molar-refractivity contribution < 1.29 is 15.2 Å². The Balaban J connectivity index is 2.71. The van der Waals surface area contributed by atoms with E-state index < -0.39 is 0 Å². The van der Waals surface area contributed by atoms with E-state index in [9.17, 15) is 4.79 Å². The molecule has 0 radical (unpaired) electrons. The Morgan fingerprint density at radius 1 is 1.40 bits per heavy atom. The molecule has 0 saturated carbocycles. The zero-order chi connectivity index (χ0) is 15.1. The minimum Gasteiger partial charge on any atom is -0.390 e. The van der Waals surface area contributed by atoms with E-state index >= 15 is 0 Å². The summed E-state index contributed by atoms with van der Waals surface area (Å²) in [5.41, 5.74) is 3.17. The Kier molecular flexibility index (Phi) is 6.68. The van der Waals surface area contributed by atoms with E-state index in [2.05, 4.69) is 25.2 Å². The van der Waals surface area contributed by atoms with E-state index in [1.807, 2.05) is 31.3 Å². The van der Waals surface area contributed by atoms with E-state index in [0.717, 1.165) is 23.2 Å². The predicted octanol–water partition coefficient (Wildman–Crippen LogP) is 1.39. The SMILES string of the molecule is CC[C@H](CO)[NH2+]CC(=O)Nc1c(C)cccc1C(C)C. The van der Waals surface area contributed by atoms with Crippen molar-refractivity contribution >= 4 is 11.6 Å². The molecule has 4 heteroatoms. The minimum absolute atomic E-state index is 0.0203. The van der Waals surface area contributed by atoms with Gasteiger partial charge in [0.1, 0.15) is 6.04 Å². The Morgan fingerprint density at radius 2 is 2.10 bits per heavy atom. The Bertz CT molecular complexity index is 440. The monoisotopic (exact) mass is 279 g/mol. The molecule has 0 aliphatic heterocycles. The van der Waals surface area contributed by atoms with Crippen LogP contribution in [0.25, 0.3) is 0 Å². The molecule has 1 atom stereocenters. The standard InChI is InChI=1S/C16H26N2O2/c1-5-13(10-19)17-9-15(20)18-16-12(4)7-6-8-14(16)11(2)3/h6-8,11,13,17,19H,5,9-10H2,1-4H3,(H,18,20)/p+1/t13-/m1/s1. The van der Waals surface area contributed by atoms with E-state index in [4.69, 9.17) is 5.11 Å². The number of aryl methyl sites for hydroxylation is 1. The Labute approximate surface area is 121 Å². The highest BCUT2D eigenvalue weighted by molar-refractivity contribution is 5.93. The lowest BCUT2D eigenvalue weighted by molar-refractivity contribution is -0.680. The number of carbonyl (C=O) groups excluding carboxylic acids is 1. The average molecular weight is 279 g/mol. The second-order valence-corrected chi connectivity index (χ2v) is 5.53. The van der Waals surface area contributed by atoms with Crippen molar-refractivity contribution in [3.05, 3.63) is 29.3 Å². The highest BCUT2D eigenvalue weighted by atomic mass is 16.3. The number of benzene rings is 1. The maximum absolute atomic E-state index is 12.1. The summed E-state index contributed by atoms with van der Waals surface area (Å²) in [5, 5.41) is 14.0. The van der Waals surface area contributed by atoms with Gasteiger partial charge in [-0.1, -0.05) is 39.0 Å². The number of rotatable bonds is 7. The van der Waals surface area contributed by atoms with Gasteiger partial charge in [0.25, 0.3) is 5.91 Å². The molecule has 0 spiro atoms. The summed E-state index contributed by atoms with van der Waals surface area (Å²) in [7, 11) is 0. The number of aliphatic hydroxyl groups is 1. The summed E-state index contributed by atoms with van der Waals surface area (Å²) >= 11 is 0. The largest absolute Gasteiger partial charge is 0.390 e. The number of nitrogens with two attached hydrogens (primary N) is 1. The van der Waals surface area contributed by atoms with Gasteiger partial charge in [-0.15, -0.1) is 0 Å². The van der Waals surface area contributed by atoms with Gasteiger partial charge in [-0.2, -0.15) is 0 Å². The van der Waals surface area contributed by atoms with Crippen molar-refractivity contribution in [2.75, 3.05) is 18.5 Å². The molecule has 0 saturated heterocycles. The molecule has 0 heterocycles. The smallest absolute Gasteiger partial charge is 0.279 e. The average Bonchev–Trinajstić information content (AvgIpc) is 2.42. The highest BCUT2D eigenvalue weighted by Crippen LogP contribution is 2.27. The zero-order valence-corrected chi connectivity index (χ0v) is 12.9. The fourth-order valence-corrected chi connectivity index (χ4v) is 2.18. The first-order valence-corrected chi connectivity index (χ1v) is 7.33. The molecule has 1 rings (SSSR count). The number of nitrogens with one attached hydrogen (secondary N) is 1. The van der Waals surface area contributed by atoms with E-state index in [1.165, 1.54) is 0 Å². The Hall–Kier alpha value is -1.39. The van der Waals surface area contributed by atoms with Crippen molar-refractivity contribution in [1.82, 2.24) is 0 Å².